The first kappa shape index (κ1) is 11.6. The molecule has 0 aliphatic carbocycles. The van der Waals surface area contributed by atoms with Crippen LogP contribution >= 0.6 is 0 Å². The zero-order valence-corrected chi connectivity index (χ0v) is 6.33. The molecule has 1 atom stereocenters. The van der Waals surface area contributed by atoms with E-state index in [1.165, 1.54) is 0 Å². The zero-order valence-electron chi connectivity index (χ0n) is 6.33. The molecule has 0 rings (SSSR count). The van der Waals surface area contributed by atoms with Gasteiger partial charge in [0.25, 0.3) is 0 Å². The number of aliphatic hydroxyl groups is 1. The van der Waals surface area contributed by atoms with Crippen molar-refractivity contribution in [3.05, 3.63) is 0 Å². The predicted octanol–water partition coefficient (Wildman–Crippen LogP) is 2.34. The van der Waals surface area contributed by atoms with Crippen LogP contribution in [0.5, 0.6) is 0 Å². The molecular weight excluding hydrogens is 183 g/mol. The summed E-state index contributed by atoms with van der Waals surface area (Å²) in [6, 6.07) is 0. The summed E-state index contributed by atoms with van der Waals surface area (Å²) >= 11 is 0. The third kappa shape index (κ3) is 3.34. The Morgan fingerprint density at radius 3 is 1.83 bits per heavy atom. The van der Waals surface area contributed by atoms with Crippen LogP contribution in [0.3, 0.4) is 0 Å². The van der Waals surface area contributed by atoms with E-state index in [2.05, 4.69) is 0 Å². The van der Waals surface area contributed by atoms with Crippen LogP contribution in [-0.4, -0.2) is 23.3 Å². The van der Waals surface area contributed by atoms with Crippen molar-refractivity contribution in [3.63, 3.8) is 0 Å². The SMILES string of the molecule is CC(O)CCC(F)(F)C(F)(F)F. The molecule has 0 aliphatic heterocycles. The highest BCUT2D eigenvalue weighted by Gasteiger charge is 2.56. The summed E-state index contributed by atoms with van der Waals surface area (Å²) < 4.78 is 58.5. The third-order valence-electron chi connectivity index (χ3n) is 1.29. The number of aliphatic hydroxyl groups excluding tert-OH is 1. The normalized spacial score (nSPS) is 16.2. The van der Waals surface area contributed by atoms with Crippen LogP contribution in [0.1, 0.15) is 19.8 Å². The molecule has 0 aromatic rings. The van der Waals surface area contributed by atoms with Gasteiger partial charge in [-0.25, -0.2) is 0 Å². The van der Waals surface area contributed by atoms with Crippen molar-refractivity contribution in [1.82, 2.24) is 0 Å². The van der Waals surface area contributed by atoms with E-state index in [9.17, 15) is 22.0 Å². The summed E-state index contributed by atoms with van der Waals surface area (Å²) in [6.07, 6.45) is -8.58. The lowest BCUT2D eigenvalue weighted by molar-refractivity contribution is -0.285. The van der Waals surface area contributed by atoms with Gasteiger partial charge >= 0.3 is 12.1 Å². The fraction of sp³-hybridized carbons (Fsp3) is 1.00. The summed E-state index contributed by atoms with van der Waals surface area (Å²) in [5.74, 6) is -4.69. The first-order valence-electron chi connectivity index (χ1n) is 3.29. The second-order valence-corrected chi connectivity index (χ2v) is 2.59. The number of rotatable bonds is 3. The van der Waals surface area contributed by atoms with E-state index in [1.54, 1.807) is 0 Å². The lowest BCUT2D eigenvalue weighted by Crippen LogP contribution is -2.36. The van der Waals surface area contributed by atoms with Gasteiger partial charge in [0.1, 0.15) is 0 Å². The Labute approximate surface area is 66.2 Å². The maximum absolute atomic E-state index is 12.1. The van der Waals surface area contributed by atoms with E-state index in [1.807, 2.05) is 0 Å². The molecule has 1 nitrogen and oxygen atoms in total. The van der Waals surface area contributed by atoms with Crippen molar-refractivity contribution in [3.8, 4) is 0 Å². The molecule has 1 unspecified atom stereocenters. The topological polar surface area (TPSA) is 20.2 Å². The Hall–Kier alpha value is -0.390. The van der Waals surface area contributed by atoms with Crippen molar-refractivity contribution < 1.29 is 27.1 Å². The van der Waals surface area contributed by atoms with E-state index >= 15 is 0 Å². The highest BCUT2D eigenvalue weighted by Crippen LogP contribution is 2.38. The fourth-order valence-electron chi connectivity index (χ4n) is 0.532. The van der Waals surface area contributed by atoms with Gasteiger partial charge in [-0.2, -0.15) is 22.0 Å². The lowest BCUT2D eigenvalue weighted by atomic mass is 10.1. The molecule has 0 spiro atoms. The zero-order chi connectivity index (χ0) is 9.99. The third-order valence-corrected chi connectivity index (χ3v) is 1.29. The number of hydrogen-bond acceptors (Lipinski definition) is 1. The van der Waals surface area contributed by atoms with E-state index in [-0.39, 0.29) is 0 Å². The molecule has 74 valence electrons. The molecule has 0 radical (unpaired) electrons. The molecular formula is C6H9F5O. The maximum atomic E-state index is 12.1. The quantitative estimate of drug-likeness (QED) is 0.680. The molecule has 0 saturated carbocycles. The number of alkyl halides is 5. The van der Waals surface area contributed by atoms with E-state index in [4.69, 9.17) is 5.11 Å². The van der Waals surface area contributed by atoms with Crippen molar-refractivity contribution in [2.75, 3.05) is 0 Å². The Kier molecular flexibility index (Phi) is 3.44. The van der Waals surface area contributed by atoms with Crippen molar-refractivity contribution in [1.29, 1.82) is 0 Å². The maximum Gasteiger partial charge on any atom is 0.453 e. The second-order valence-electron chi connectivity index (χ2n) is 2.59. The largest absolute Gasteiger partial charge is 0.453 e. The van der Waals surface area contributed by atoms with Crippen LogP contribution in [0.4, 0.5) is 22.0 Å². The summed E-state index contributed by atoms with van der Waals surface area (Å²) in [4.78, 5) is 0. The van der Waals surface area contributed by atoms with Gasteiger partial charge in [0.2, 0.25) is 0 Å². The van der Waals surface area contributed by atoms with E-state index in [0.717, 1.165) is 6.92 Å². The summed E-state index contributed by atoms with van der Waals surface area (Å²) in [5.41, 5.74) is 0. The Balaban J connectivity index is 4.05. The second kappa shape index (κ2) is 3.55. The Morgan fingerprint density at radius 2 is 1.58 bits per heavy atom. The standard InChI is InChI=1S/C6H9F5O/c1-4(12)2-3-5(7,8)6(9,10)11/h4,12H,2-3H2,1H3. The fourth-order valence-corrected chi connectivity index (χ4v) is 0.532. The van der Waals surface area contributed by atoms with Crippen LogP contribution in [0.2, 0.25) is 0 Å². The molecule has 1 N–H and O–H groups in total. The highest BCUT2D eigenvalue weighted by molar-refractivity contribution is 4.76. The average Bonchev–Trinajstić information content (AvgIpc) is 1.81. The molecule has 12 heavy (non-hydrogen) atoms. The van der Waals surface area contributed by atoms with Crippen molar-refractivity contribution in [2.24, 2.45) is 0 Å². The van der Waals surface area contributed by atoms with Crippen LogP contribution in [0.15, 0.2) is 0 Å². The van der Waals surface area contributed by atoms with Crippen LogP contribution in [-0.2, 0) is 0 Å². The summed E-state index contributed by atoms with van der Waals surface area (Å²) in [5, 5.41) is 8.48. The van der Waals surface area contributed by atoms with Crippen LogP contribution in [0.25, 0.3) is 0 Å². The van der Waals surface area contributed by atoms with Gasteiger partial charge in [-0.1, -0.05) is 0 Å². The smallest absolute Gasteiger partial charge is 0.393 e. The summed E-state index contributed by atoms with van der Waals surface area (Å²) in [7, 11) is 0. The van der Waals surface area contributed by atoms with Gasteiger partial charge in [0.15, 0.2) is 0 Å². The van der Waals surface area contributed by atoms with Crippen LogP contribution in [0, 0.1) is 0 Å². The Bertz CT molecular complexity index is 139. The van der Waals surface area contributed by atoms with E-state index < -0.39 is 31.0 Å². The molecule has 0 aliphatic rings. The predicted molar refractivity (Wildman–Crippen MR) is 31.9 cm³/mol. The van der Waals surface area contributed by atoms with E-state index in [0.29, 0.717) is 0 Å². The monoisotopic (exact) mass is 192 g/mol. The molecule has 0 heterocycles. The van der Waals surface area contributed by atoms with Gasteiger partial charge < -0.3 is 5.11 Å². The van der Waals surface area contributed by atoms with Gasteiger partial charge in [-0.3, -0.25) is 0 Å². The highest BCUT2D eigenvalue weighted by atomic mass is 19.4. The van der Waals surface area contributed by atoms with Crippen LogP contribution < -0.4 is 0 Å². The van der Waals surface area contributed by atoms with Gasteiger partial charge in [0, 0.05) is 6.42 Å². The molecule has 0 saturated heterocycles. The van der Waals surface area contributed by atoms with Gasteiger partial charge in [-0.15, -0.1) is 0 Å². The van der Waals surface area contributed by atoms with Crippen molar-refractivity contribution in [2.45, 2.75) is 38.0 Å². The number of halogens is 5. The first-order chi connectivity index (χ1) is 5.17. The Morgan fingerprint density at radius 1 is 1.17 bits per heavy atom. The minimum absolute atomic E-state index is 0.563. The molecule has 0 amide bonds. The molecule has 0 fully saturated rings. The average molecular weight is 192 g/mol. The molecule has 0 aromatic carbocycles. The minimum atomic E-state index is -5.51. The van der Waals surface area contributed by atoms with Gasteiger partial charge in [-0.05, 0) is 13.3 Å². The van der Waals surface area contributed by atoms with Gasteiger partial charge in [0.05, 0.1) is 6.10 Å². The minimum Gasteiger partial charge on any atom is -0.393 e. The lowest BCUT2D eigenvalue weighted by Gasteiger charge is -2.19. The van der Waals surface area contributed by atoms with Crippen molar-refractivity contribution >= 4 is 0 Å². The number of hydrogen-bond donors (Lipinski definition) is 1. The molecule has 0 aromatic heterocycles. The first-order valence-corrected chi connectivity index (χ1v) is 3.29. The molecule has 0 bridgehead atoms. The summed E-state index contributed by atoms with van der Waals surface area (Å²) in [6.45, 7) is 1.16. The molecule has 6 heteroatoms.